The molecule has 4 rings (SSSR count). The Morgan fingerprint density at radius 3 is 3.00 bits per heavy atom. The summed E-state index contributed by atoms with van der Waals surface area (Å²) in [5, 5.41) is 0. The number of hydrogen-bond acceptors (Lipinski definition) is 3. The SMILES string of the molecule is CC1(C(=O)N2CCc3c(COCC4CC4)cncc3C2)CC=CCC1. The molecule has 2 aliphatic carbocycles. The first-order valence-corrected chi connectivity index (χ1v) is 9.62. The Kier molecular flexibility index (Phi) is 4.63. The molecule has 2 heterocycles. The van der Waals surface area contributed by atoms with Crippen molar-refractivity contribution in [2.75, 3.05) is 13.2 Å². The zero-order valence-corrected chi connectivity index (χ0v) is 15.2. The first-order valence-electron chi connectivity index (χ1n) is 9.62. The molecule has 1 atom stereocenters. The van der Waals surface area contributed by atoms with Gasteiger partial charge in [-0.1, -0.05) is 19.1 Å². The number of carbonyl (C=O) groups excluding carboxylic acids is 1. The molecule has 1 fully saturated rings. The third kappa shape index (κ3) is 3.64. The second kappa shape index (κ2) is 6.91. The number of allylic oxidation sites excluding steroid dienone is 2. The van der Waals surface area contributed by atoms with Crippen LogP contribution in [0.3, 0.4) is 0 Å². The molecule has 0 radical (unpaired) electrons. The lowest BCUT2D eigenvalue weighted by molar-refractivity contribution is -0.142. The van der Waals surface area contributed by atoms with Gasteiger partial charge >= 0.3 is 0 Å². The fraction of sp³-hybridized carbons (Fsp3) is 0.619. The van der Waals surface area contributed by atoms with Crippen LogP contribution in [0.15, 0.2) is 24.5 Å². The van der Waals surface area contributed by atoms with Gasteiger partial charge < -0.3 is 9.64 Å². The number of ether oxygens (including phenoxy) is 1. The molecule has 1 aliphatic heterocycles. The molecule has 4 nitrogen and oxygen atoms in total. The van der Waals surface area contributed by atoms with Crippen LogP contribution < -0.4 is 0 Å². The lowest BCUT2D eigenvalue weighted by Gasteiger charge is -2.38. The van der Waals surface area contributed by atoms with E-state index in [4.69, 9.17) is 4.74 Å². The van der Waals surface area contributed by atoms with Gasteiger partial charge in [-0.05, 0) is 61.1 Å². The van der Waals surface area contributed by atoms with Crippen molar-refractivity contribution in [2.24, 2.45) is 11.3 Å². The van der Waals surface area contributed by atoms with Crippen molar-refractivity contribution >= 4 is 5.91 Å². The Labute approximate surface area is 150 Å². The van der Waals surface area contributed by atoms with Gasteiger partial charge in [0.1, 0.15) is 0 Å². The second-order valence-corrected chi connectivity index (χ2v) is 8.15. The molecule has 0 N–H and O–H groups in total. The lowest BCUT2D eigenvalue weighted by atomic mass is 9.77. The maximum Gasteiger partial charge on any atom is 0.229 e. The van der Waals surface area contributed by atoms with Gasteiger partial charge in [-0.25, -0.2) is 0 Å². The zero-order chi connectivity index (χ0) is 17.3. The second-order valence-electron chi connectivity index (χ2n) is 8.15. The molecule has 0 bridgehead atoms. The topological polar surface area (TPSA) is 42.4 Å². The highest BCUT2D eigenvalue weighted by atomic mass is 16.5. The molecule has 1 aromatic rings. The van der Waals surface area contributed by atoms with Gasteiger partial charge in [0.2, 0.25) is 5.91 Å². The normalized spacial score (nSPS) is 25.7. The van der Waals surface area contributed by atoms with Gasteiger partial charge in [-0.2, -0.15) is 0 Å². The van der Waals surface area contributed by atoms with Crippen molar-refractivity contribution in [3.63, 3.8) is 0 Å². The van der Waals surface area contributed by atoms with E-state index in [9.17, 15) is 4.79 Å². The molecule has 134 valence electrons. The van der Waals surface area contributed by atoms with Crippen LogP contribution in [0.1, 0.15) is 55.7 Å². The summed E-state index contributed by atoms with van der Waals surface area (Å²) in [5.41, 5.74) is 3.52. The number of nitrogens with zero attached hydrogens (tertiary/aromatic N) is 2. The van der Waals surface area contributed by atoms with E-state index >= 15 is 0 Å². The summed E-state index contributed by atoms with van der Waals surface area (Å²) in [7, 11) is 0. The third-order valence-corrected chi connectivity index (χ3v) is 5.94. The first-order chi connectivity index (χ1) is 12.2. The Morgan fingerprint density at radius 1 is 1.36 bits per heavy atom. The number of amides is 1. The Bertz CT molecular complexity index is 680. The van der Waals surface area contributed by atoms with Crippen LogP contribution in [0.4, 0.5) is 0 Å². The first kappa shape index (κ1) is 16.8. The lowest BCUT2D eigenvalue weighted by Crippen LogP contribution is -2.45. The van der Waals surface area contributed by atoms with Crippen LogP contribution in [0.5, 0.6) is 0 Å². The van der Waals surface area contributed by atoms with Gasteiger partial charge in [0.25, 0.3) is 0 Å². The molecular formula is C21H28N2O2. The van der Waals surface area contributed by atoms with Gasteiger partial charge in [-0.3, -0.25) is 9.78 Å². The van der Waals surface area contributed by atoms with Crippen LogP contribution in [0.2, 0.25) is 0 Å². The van der Waals surface area contributed by atoms with Gasteiger partial charge in [-0.15, -0.1) is 0 Å². The summed E-state index contributed by atoms with van der Waals surface area (Å²) in [4.78, 5) is 19.5. The predicted molar refractivity (Wildman–Crippen MR) is 96.8 cm³/mol. The average molecular weight is 340 g/mol. The summed E-state index contributed by atoms with van der Waals surface area (Å²) in [6.07, 6.45) is 14.6. The quantitative estimate of drug-likeness (QED) is 0.769. The smallest absolute Gasteiger partial charge is 0.229 e. The highest BCUT2D eigenvalue weighted by Gasteiger charge is 2.37. The van der Waals surface area contributed by atoms with Crippen LogP contribution in [-0.2, 0) is 29.1 Å². The van der Waals surface area contributed by atoms with Crippen LogP contribution >= 0.6 is 0 Å². The predicted octanol–water partition coefficient (Wildman–Crippen LogP) is 3.64. The number of rotatable bonds is 5. The molecule has 3 aliphatic rings. The number of hydrogen-bond donors (Lipinski definition) is 0. The minimum absolute atomic E-state index is 0.231. The maximum absolute atomic E-state index is 13.1. The molecule has 25 heavy (non-hydrogen) atoms. The van der Waals surface area contributed by atoms with Crippen molar-refractivity contribution in [3.05, 3.63) is 41.2 Å². The standard InChI is InChI=1S/C21H28N2O2/c1-21(8-3-2-4-9-21)20(24)23-10-7-19-17(13-23)11-22-12-18(19)15-25-14-16-5-6-16/h2-3,11-12,16H,4-10,13-15H2,1H3. The number of carbonyl (C=O) groups is 1. The van der Waals surface area contributed by atoms with Gasteiger partial charge in [0.05, 0.1) is 12.0 Å². The Morgan fingerprint density at radius 2 is 2.24 bits per heavy atom. The Hall–Kier alpha value is -1.68. The summed E-state index contributed by atoms with van der Waals surface area (Å²) in [6.45, 7) is 5.15. The third-order valence-electron chi connectivity index (χ3n) is 5.94. The summed E-state index contributed by atoms with van der Waals surface area (Å²) in [5.74, 6) is 1.09. The Balaban J connectivity index is 1.43. The molecule has 1 unspecified atom stereocenters. The summed E-state index contributed by atoms with van der Waals surface area (Å²) >= 11 is 0. The number of aromatic nitrogens is 1. The van der Waals surface area contributed by atoms with E-state index in [1.165, 1.54) is 29.5 Å². The van der Waals surface area contributed by atoms with E-state index in [1.807, 2.05) is 17.3 Å². The molecule has 0 spiro atoms. The van der Waals surface area contributed by atoms with E-state index in [0.29, 0.717) is 19.1 Å². The van der Waals surface area contributed by atoms with Crippen molar-refractivity contribution in [3.8, 4) is 0 Å². The summed E-state index contributed by atoms with van der Waals surface area (Å²) in [6, 6.07) is 0. The fourth-order valence-electron chi connectivity index (χ4n) is 4.03. The van der Waals surface area contributed by atoms with Gasteiger partial charge in [0, 0.05) is 32.1 Å². The molecular weight excluding hydrogens is 312 g/mol. The summed E-state index contributed by atoms with van der Waals surface area (Å²) < 4.78 is 5.87. The molecule has 1 amide bonds. The van der Waals surface area contributed by atoms with Crippen molar-refractivity contribution < 1.29 is 9.53 Å². The van der Waals surface area contributed by atoms with E-state index in [2.05, 4.69) is 24.1 Å². The van der Waals surface area contributed by atoms with Crippen molar-refractivity contribution in [1.29, 1.82) is 0 Å². The van der Waals surface area contributed by atoms with Crippen LogP contribution in [0, 0.1) is 11.3 Å². The zero-order valence-electron chi connectivity index (χ0n) is 15.2. The van der Waals surface area contributed by atoms with E-state index < -0.39 is 0 Å². The van der Waals surface area contributed by atoms with E-state index in [0.717, 1.165) is 44.8 Å². The monoisotopic (exact) mass is 340 g/mol. The van der Waals surface area contributed by atoms with Crippen molar-refractivity contribution in [2.45, 2.75) is 58.6 Å². The molecule has 1 saturated carbocycles. The minimum Gasteiger partial charge on any atom is -0.376 e. The largest absolute Gasteiger partial charge is 0.376 e. The average Bonchev–Trinajstić information content (AvgIpc) is 3.46. The fourth-order valence-corrected chi connectivity index (χ4v) is 4.03. The maximum atomic E-state index is 13.1. The molecule has 1 aromatic heterocycles. The number of pyridine rings is 1. The van der Waals surface area contributed by atoms with Gasteiger partial charge in [0.15, 0.2) is 0 Å². The van der Waals surface area contributed by atoms with E-state index in [-0.39, 0.29) is 5.41 Å². The highest BCUT2D eigenvalue weighted by molar-refractivity contribution is 5.83. The van der Waals surface area contributed by atoms with Crippen molar-refractivity contribution in [1.82, 2.24) is 9.88 Å². The van der Waals surface area contributed by atoms with Crippen LogP contribution in [-0.4, -0.2) is 28.9 Å². The van der Waals surface area contributed by atoms with E-state index in [1.54, 1.807) is 0 Å². The van der Waals surface area contributed by atoms with Crippen LogP contribution in [0.25, 0.3) is 0 Å². The number of fused-ring (bicyclic) bond motifs is 1. The molecule has 0 saturated heterocycles. The molecule has 4 heteroatoms. The molecule has 0 aromatic carbocycles. The highest BCUT2D eigenvalue weighted by Crippen LogP contribution is 2.36. The minimum atomic E-state index is -0.231.